The van der Waals surface area contributed by atoms with Crippen LogP contribution in [0.2, 0.25) is 0 Å². The van der Waals surface area contributed by atoms with Crippen LogP contribution in [0.5, 0.6) is 11.5 Å². The van der Waals surface area contributed by atoms with E-state index in [0.717, 1.165) is 12.5 Å². The van der Waals surface area contributed by atoms with E-state index < -0.39 is 11.7 Å². The van der Waals surface area contributed by atoms with Crippen LogP contribution in [-0.2, 0) is 18.1 Å². The second-order valence-corrected chi connectivity index (χ2v) is 5.06. The average molecular weight is 363 g/mol. The van der Waals surface area contributed by atoms with E-state index in [-0.39, 0.29) is 5.75 Å². The van der Waals surface area contributed by atoms with E-state index in [4.69, 9.17) is 4.74 Å². The third-order valence-electron chi connectivity index (χ3n) is 2.79. The first-order valence-electron chi connectivity index (χ1n) is 6.40. The predicted octanol–water partition coefficient (Wildman–Crippen LogP) is 5.00. The maximum absolute atomic E-state index is 13.1. The summed E-state index contributed by atoms with van der Waals surface area (Å²) in [7, 11) is 0. The molecule has 2 rings (SSSR count). The molecule has 1 aromatic heterocycles. The molecule has 7 heteroatoms. The van der Waals surface area contributed by atoms with Gasteiger partial charge in [0.25, 0.3) is 0 Å². The molecule has 21 heavy (non-hydrogen) atoms. The van der Waals surface area contributed by atoms with Crippen LogP contribution in [0.4, 0.5) is 13.2 Å². The largest absolute Gasteiger partial charge is 0.453 e. The molecule has 3 nitrogen and oxygen atoms in total. The fraction of sp³-hybridized carbons (Fsp3) is 0.357. The van der Waals surface area contributed by atoms with Crippen molar-refractivity contribution in [1.82, 2.24) is 9.78 Å². The number of halogens is 4. The number of rotatable bonds is 5. The number of benzene rings is 1. The van der Waals surface area contributed by atoms with Crippen LogP contribution in [-0.4, -0.2) is 9.78 Å². The van der Waals surface area contributed by atoms with E-state index in [0.29, 0.717) is 23.2 Å². The van der Waals surface area contributed by atoms with Gasteiger partial charge in [0.2, 0.25) is 0 Å². The molecule has 2 aromatic rings. The van der Waals surface area contributed by atoms with Crippen LogP contribution in [0.3, 0.4) is 0 Å². The van der Waals surface area contributed by atoms with Gasteiger partial charge in [-0.25, -0.2) is 0 Å². The van der Waals surface area contributed by atoms with Crippen LogP contribution >= 0.6 is 15.9 Å². The summed E-state index contributed by atoms with van der Waals surface area (Å²) in [5.74, 6) is 0.0730. The summed E-state index contributed by atoms with van der Waals surface area (Å²) in [4.78, 5) is 0. The molecule has 1 heterocycles. The fourth-order valence-electron chi connectivity index (χ4n) is 1.85. The number of hydrogen-bond acceptors (Lipinski definition) is 2. The summed E-state index contributed by atoms with van der Waals surface area (Å²) in [6, 6.07) is 4.01. The van der Waals surface area contributed by atoms with Crippen molar-refractivity contribution in [2.24, 2.45) is 0 Å². The van der Waals surface area contributed by atoms with Crippen molar-refractivity contribution in [3.63, 3.8) is 0 Å². The van der Waals surface area contributed by atoms with Gasteiger partial charge in [0.1, 0.15) is 5.75 Å². The molecule has 0 aliphatic heterocycles. The highest BCUT2D eigenvalue weighted by Gasteiger charge is 2.34. The van der Waals surface area contributed by atoms with Crippen molar-refractivity contribution in [3.8, 4) is 11.5 Å². The quantitative estimate of drug-likeness (QED) is 0.699. The third-order valence-corrected chi connectivity index (χ3v) is 3.44. The van der Waals surface area contributed by atoms with Crippen molar-refractivity contribution in [2.75, 3.05) is 0 Å². The molecule has 0 aliphatic carbocycles. The van der Waals surface area contributed by atoms with Crippen molar-refractivity contribution in [1.29, 1.82) is 0 Å². The molecule has 0 aliphatic rings. The van der Waals surface area contributed by atoms with Crippen LogP contribution in [0.1, 0.15) is 24.5 Å². The van der Waals surface area contributed by atoms with Crippen LogP contribution in [0, 0.1) is 0 Å². The lowest BCUT2D eigenvalue weighted by molar-refractivity contribution is -0.138. The molecule has 0 radical (unpaired) electrons. The third kappa shape index (κ3) is 4.00. The number of hydrogen-bond donors (Lipinski definition) is 0. The minimum atomic E-state index is -4.47. The maximum atomic E-state index is 13.1. The van der Waals surface area contributed by atoms with Crippen LogP contribution in [0.15, 0.2) is 30.6 Å². The highest BCUT2D eigenvalue weighted by Crippen LogP contribution is 2.38. The second kappa shape index (κ2) is 6.51. The molecule has 0 unspecified atom stereocenters. The lowest BCUT2D eigenvalue weighted by Crippen LogP contribution is -2.07. The van der Waals surface area contributed by atoms with Gasteiger partial charge in [0, 0.05) is 11.9 Å². The smallest absolute Gasteiger partial charge is 0.419 e. The zero-order chi connectivity index (χ0) is 15.5. The summed E-state index contributed by atoms with van der Waals surface area (Å²) >= 11 is 3.15. The van der Waals surface area contributed by atoms with Gasteiger partial charge in [-0.15, -0.1) is 0 Å². The monoisotopic (exact) mass is 362 g/mol. The van der Waals surface area contributed by atoms with E-state index in [1.807, 2.05) is 6.92 Å². The molecular weight excluding hydrogens is 349 g/mol. The van der Waals surface area contributed by atoms with Crippen molar-refractivity contribution in [2.45, 2.75) is 31.4 Å². The Labute approximate surface area is 128 Å². The van der Waals surface area contributed by atoms with E-state index in [1.54, 1.807) is 16.9 Å². The Morgan fingerprint density at radius 1 is 1.33 bits per heavy atom. The molecule has 0 saturated carbocycles. The van der Waals surface area contributed by atoms with Gasteiger partial charge in [-0.3, -0.25) is 4.68 Å². The lowest BCUT2D eigenvalue weighted by atomic mass is 10.1. The van der Waals surface area contributed by atoms with Crippen molar-refractivity contribution in [3.05, 3.63) is 41.7 Å². The Bertz CT molecular complexity index is 611. The predicted molar refractivity (Wildman–Crippen MR) is 76.7 cm³/mol. The van der Waals surface area contributed by atoms with E-state index in [9.17, 15) is 13.2 Å². The van der Waals surface area contributed by atoms with Gasteiger partial charge in [-0.1, -0.05) is 28.9 Å². The summed E-state index contributed by atoms with van der Waals surface area (Å²) in [5.41, 5.74) is -0.251. The van der Waals surface area contributed by atoms with Gasteiger partial charge in [-0.2, -0.15) is 18.3 Å². The highest BCUT2D eigenvalue weighted by atomic mass is 79.9. The van der Waals surface area contributed by atoms with Gasteiger partial charge < -0.3 is 4.74 Å². The Morgan fingerprint density at radius 2 is 2.10 bits per heavy atom. The Hall–Kier alpha value is -1.50. The number of ether oxygens (including phenoxy) is 1. The van der Waals surface area contributed by atoms with Crippen LogP contribution < -0.4 is 4.74 Å². The Morgan fingerprint density at radius 3 is 2.71 bits per heavy atom. The minimum absolute atomic E-state index is 0.219. The molecule has 0 spiro atoms. The van der Waals surface area contributed by atoms with Crippen molar-refractivity contribution < 1.29 is 17.9 Å². The SMILES string of the molecule is CCCn1cc(Oc2ccc(CBr)cc2C(F)(F)F)cn1. The fourth-order valence-corrected chi connectivity index (χ4v) is 2.20. The first kappa shape index (κ1) is 15.9. The number of aromatic nitrogens is 2. The summed E-state index contributed by atoms with van der Waals surface area (Å²) < 4.78 is 46.2. The number of alkyl halides is 4. The molecule has 0 amide bonds. The first-order chi connectivity index (χ1) is 9.94. The molecule has 0 saturated heterocycles. The standard InChI is InChI=1S/C14H14BrF3N2O/c1-2-5-20-9-11(8-19-20)21-13-4-3-10(7-15)6-12(13)14(16,17)18/h3-4,6,8-9H,2,5,7H2,1H3. The van der Waals surface area contributed by atoms with Gasteiger partial charge in [0.05, 0.1) is 18.0 Å². The molecule has 0 N–H and O–H groups in total. The molecule has 0 bridgehead atoms. The zero-order valence-corrected chi connectivity index (χ0v) is 12.9. The Balaban J connectivity index is 2.29. The van der Waals surface area contributed by atoms with Crippen molar-refractivity contribution >= 4 is 15.9 Å². The minimum Gasteiger partial charge on any atom is -0.453 e. The Kier molecular flexibility index (Phi) is 4.92. The maximum Gasteiger partial charge on any atom is 0.419 e. The topological polar surface area (TPSA) is 27.1 Å². The van der Waals surface area contributed by atoms with Gasteiger partial charge in [0.15, 0.2) is 5.75 Å². The molecule has 0 atom stereocenters. The van der Waals surface area contributed by atoms with Gasteiger partial charge in [-0.05, 0) is 24.1 Å². The molecule has 114 valence electrons. The summed E-state index contributed by atoms with van der Waals surface area (Å²) in [5, 5.41) is 4.38. The number of nitrogens with zero attached hydrogens (tertiary/aromatic N) is 2. The van der Waals surface area contributed by atoms with E-state index >= 15 is 0 Å². The lowest BCUT2D eigenvalue weighted by Gasteiger charge is -2.13. The normalized spacial score (nSPS) is 11.7. The molecular formula is C14H14BrF3N2O. The summed E-state index contributed by atoms with van der Waals surface area (Å²) in [6.45, 7) is 2.68. The van der Waals surface area contributed by atoms with Gasteiger partial charge >= 0.3 is 6.18 Å². The van der Waals surface area contributed by atoms with Crippen LogP contribution in [0.25, 0.3) is 0 Å². The summed E-state index contributed by atoms with van der Waals surface area (Å²) in [6.07, 6.45) is -0.585. The molecule has 1 aromatic carbocycles. The molecule has 0 fully saturated rings. The van der Waals surface area contributed by atoms with E-state index in [2.05, 4.69) is 21.0 Å². The van der Waals surface area contributed by atoms with E-state index in [1.165, 1.54) is 12.3 Å². The highest BCUT2D eigenvalue weighted by molar-refractivity contribution is 9.08. The average Bonchev–Trinajstić information content (AvgIpc) is 2.86. The zero-order valence-electron chi connectivity index (χ0n) is 11.3. The first-order valence-corrected chi connectivity index (χ1v) is 7.52. The second-order valence-electron chi connectivity index (χ2n) is 4.50. The number of aryl methyl sites for hydroxylation is 1.